The van der Waals surface area contributed by atoms with Crippen molar-refractivity contribution in [1.82, 2.24) is 0 Å². The summed E-state index contributed by atoms with van der Waals surface area (Å²) in [4.78, 5) is 10.7. The number of ether oxygens (including phenoxy) is 1. The van der Waals surface area contributed by atoms with Gasteiger partial charge >= 0.3 is 5.97 Å². The number of halogens is 3. The molecule has 3 nitrogen and oxygen atoms in total. The van der Waals surface area contributed by atoms with Crippen LogP contribution in [0.4, 0.5) is 8.78 Å². The molecule has 0 aliphatic heterocycles. The molecule has 0 aromatic heterocycles. The molecule has 0 atom stereocenters. The molecular formula is C14H9ClF2O3. The minimum atomic E-state index is -1.08. The maximum atomic E-state index is 13.0. The minimum Gasteiger partial charge on any atom is -0.489 e. The van der Waals surface area contributed by atoms with E-state index in [4.69, 9.17) is 21.4 Å². The van der Waals surface area contributed by atoms with Crippen molar-refractivity contribution in [3.63, 3.8) is 0 Å². The van der Waals surface area contributed by atoms with Crippen molar-refractivity contribution < 1.29 is 23.4 Å². The van der Waals surface area contributed by atoms with E-state index < -0.39 is 17.6 Å². The molecule has 0 radical (unpaired) electrons. The van der Waals surface area contributed by atoms with Gasteiger partial charge in [0.2, 0.25) is 0 Å². The van der Waals surface area contributed by atoms with Crippen LogP contribution < -0.4 is 4.74 Å². The summed E-state index contributed by atoms with van der Waals surface area (Å²) in [7, 11) is 0. The average molecular weight is 299 g/mol. The molecule has 0 heterocycles. The first-order valence-corrected chi connectivity index (χ1v) is 5.95. The van der Waals surface area contributed by atoms with E-state index in [1.165, 1.54) is 24.3 Å². The van der Waals surface area contributed by atoms with Crippen LogP contribution in [0.3, 0.4) is 0 Å². The van der Waals surface area contributed by atoms with Crippen LogP contribution in [-0.2, 0) is 6.61 Å². The Kier molecular flexibility index (Phi) is 4.20. The number of rotatable bonds is 4. The Hall–Kier alpha value is -2.14. The number of benzene rings is 2. The number of aromatic carboxylic acids is 1. The van der Waals surface area contributed by atoms with Gasteiger partial charge in [0.1, 0.15) is 12.4 Å². The molecule has 0 saturated heterocycles. The topological polar surface area (TPSA) is 46.5 Å². The summed E-state index contributed by atoms with van der Waals surface area (Å²) < 4.78 is 31.0. The number of carbonyl (C=O) groups is 1. The predicted molar refractivity (Wildman–Crippen MR) is 69.1 cm³/mol. The van der Waals surface area contributed by atoms with Gasteiger partial charge in [0.25, 0.3) is 0 Å². The fourth-order valence-corrected chi connectivity index (χ4v) is 1.76. The lowest BCUT2D eigenvalue weighted by Crippen LogP contribution is -2.00. The predicted octanol–water partition coefficient (Wildman–Crippen LogP) is 3.90. The molecule has 0 saturated carbocycles. The minimum absolute atomic E-state index is 0.0177. The van der Waals surface area contributed by atoms with Crippen molar-refractivity contribution >= 4 is 17.6 Å². The van der Waals surface area contributed by atoms with E-state index in [9.17, 15) is 13.6 Å². The van der Waals surface area contributed by atoms with Gasteiger partial charge < -0.3 is 9.84 Å². The van der Waals surface area contributed by atoms with E-state index in [2.05, 4.69) is 0 Å². The van der Waals surface area contributed by atoms with Gasteiger partial charge in [0.15, 0.2) is 11.6 Å². The third-order valence-corrected chi connectivity index (χ3v) is 2.94. The van der Waals surface area contributed by atoms with Crippen molar-refractivity contribution in [2.45, 2.75) is 6.61 Å². The lowest BCUT2D eigenvalue weighted by molar-refractivity contribution is 0.0697. The van der Waals surface area contributed by atoms with E-state index in [-0.39, 0.29) is 22.9 Å². The van der Waals surface area contributed by atoms with E-state index in [0.29, 0.717) is 5.56 Å². The molecule has 0 fully saturated rings. The zero-order valence-electron chi connectivity index (χ0n) is 10.1. The normalized spacial score (nSPS) is 10.3. The Balaban J connectivity index is 2.10. The zero-order valence-corrected chi connectivity index (χ0v) is 10.8. The highest BCUT2D eigenvalue weighted by molar-refractivity contribution is 6.31. The molecule has 0 amide bonds. The molecular weight excluding hydrogens is 290 g/mol. The SMILES string of the molecule is O=C(O)c1ccc(COc2ccc(F)c(F)c2)c(Cl)c1. The van der Waals surface area contributed by atoms with Crippen LogP contribution in [0, 0.1) is 11.6 Å². The van der Waals surface area contributed by atoms with Gasteiger partial charge in [-0.3, -0.25) is 0 Å². The fraction of sp³-hybridized carbons (Fsp3) is 0.0714. The molecule has 0 unspecified atom stereocenters. The summed E-state index contributed by atoms with van der Waals surface area (Å²) in [6.45, 7) is 0.0177. The van der Waals surface area contributed by atoms with Gasteiger partial charge in [-0.2, -0.15) is 0 Å². The highest BCUT2D eigenvalue weighted by Crippen LogP contribution is 2.21. The van der Waals surface area contributed by atoms with Crippen LogP contribution in [0.15, 0.2) is 36.4 Å². The zero-order chi connectivity index (χ0) is 14.7. The number of carboxylic acids is 1. The van der Waals surface area contributed by atoms with Gasteiger partial charge in [0, 0.05) is 16.7 Å². The second kappa shape index (κ2) is 5.88. The van der Waals surface area contributed by atoms with Gasteiger partial charge in [-0.05, 0) is 24.3 Å². The molecule has 0 aliphatic rings. The molecule has 6 heteroatoms. The highest BCUT2D eigenvalue weighted by atomic mass is 35.5. The number of hydrogen-bond donors (Lipinski definition) is 1. The lowest BCUT2D eigenvalue weighted by Gasteiger charge is -2.08. The number of hydrogen-bond acceptors (Lipinski definition) is 2. The second-order valence-electron chi connectivity index (χ2n) is 3.98. The maximum absolute atomic E-state index is 13.0. The summed E-state index contributed by atoms with van der Waals surface area (Å²) in [5, 5.41) is 9.03. The summed E-state index contributed by atoms with van der Waals surface area (Å²) in [5.41, 5.74) is 0.605. The standard InChI is InChI=1S/C14H9ClF2O3/c15-11-5-8(14(18)19)1-2-9(11)7-20-10-3-4-12(16)13(17)6-10/h1-6H,7H2,(H,18,19). The van der Waals surface area contributed by atoms with Crippen molar-refractivity contribution in [3.8, 4) is 5.75 Å². The monoisotopic (exact) mass is 298 g/mol. The van der Waals surface area contributed by atoms with Gasteiger partial charge in [-0.15, -0.1) is 0 Å². The van der Waals surface area contributed by atoms with Gasteiger partial charge in [-0.1, -0.05) is 17.7 Å². The molecule has 1 N–H and O–H groups in total. The Bertz CT molecular complexity index is 659. The summed E-state index contributed by atoms with van der Waals surface area (Å²) in [6, 6.07) is 7.37. The van der Waals surface area contributed by atoms with Crippen LogP contribution >= 0.6 is 11.6 Å². The first kappa shape index (κ1) is 14.3. The van der Waals surface area contributed by atoms with Gasteiger partial charge in [-0.25, -0.2) is 13.6 Å². The van der Waals surface area contributed by atoms with E-state index in [0.717, 1.165) is 12.1 Å². The first-order valence-electron chi connectivity index (χ1n) is 5.57. The van der Waals surface area contributed by atoms with E-state index in [1.54, 1.807) is 0 Å². The second-order valence-corrected chi connectivity index (χ2v) is 4.38. The first-order chi connectivity index (χ1) is 9.47. The summed E-state index contributed by atoms with van der Waals surface area (Å²) in [6.07, 6.45) is 0. The van der Waals surface area contributed by atoms with Crippen LogP contribution in [0.1, 0.15) is 15.9 Å². The Morgan fingerprint density at radius 1 is 1.15 bits per heavy atom. The maximum Gasteiger partial charge on any atom is 0.335 e. The van der Waals surface area contributed by atoms with Gasteiger partial charge in [0.05, 0.1) is 5.56 Å². The molecule has 0 bridgehead atoms. The molecule has 2 aromatic rings. The van der Waals surface area contributed by atoms with Crippen LogP contribution in [-0.4, -0.2) is 11.1 Å². The highest BCUT2D eigenvalue weighted by Gasteiger charge is 2.08. The van der Waals surface area contributed by atoms with Crippen LogP contribution in [0.2, 0.25) is 5.02 Å². The molecule has 20 heavy (non-hydrogen) atoms. The number of carboxylic acid groups (broad SMARTS) is 1. The quantitative estimate of drug-likeness (QED) is 0.931. The fourth-order valence-electron chi connectivity index (χ4n) is 1.53. The van der Waals surface area contributed by atoms with E-state index in [1.807, 2.05) is 0 Å². The Morgan fingerprint density at radius 2 is 1.90 bits per heavy atom. The molecule has 2 aromatic carbocycles. The van der Waals surface area contributed by atoms with Crippen LogP contribution in [0.25, 0.3) is 0 Å². The largest absolute Gasteiger partial charge is 0.489 e. The molecule has 104 valence electrons. The third kappa shape index (κ3) is 3.24. The summed E-state index contributed by atoms with van der Waals surface area (Å²) in [5.74, 6) is -2.89. The van der Waals surface area contributed by atoms with Crippen molar-refractivity contribution in [2.75, 3.05) is 0 Å². The Morgan fingerprint density at radius 3 is 2.50 bits per heavy atom. The third-order valence-electron chi connectivity index (χ3n) is 2.59. The molecule has 2 rings (SSSR count). The van der Waals surface area contributed by atoms with Crippen molar-refractivity contribution in [1.29, 1.82) is 0 Å². The Labute approximate surface area is 118 Å². The average Bonchev–Trinajstić information content (AvgIpc) is 2.41. The smallest absolute Gasteiger partial charge is 0.335 e. The van der Waals surface area contributed by atoms with Crippen molar-refractivity contribution in [2.24, 2.45) is 0 Å². The molecule has 0 aliphatic carbocycles. The van der Waals surface area contributed by atoms with Crippen LogP contribution in [0.5, 0.6) is 5.75 Å². The molecule has 0 spiro atoms. The van der Waals surface area contributed by atoms with Crippen molar-refractivity contribution in [3.05, 3.63) is 64.2 Å². The lowest BCUT2D eigenvalue weighted by atomic mass is 10.1. The summed E-state index contributed by atoms with van der Waals surface area (Å²) >= 11 is 5.92. The van der Waals surface area contributed by atoms with E-state index >= 15 is 0 Å².